The fraction of sp³-hybridized carbons (Fsp3) is 0.529. The Balaban J connectivity index is 2.03. The highest BCUT2D eigenvalue weighted by atomic mass is 16.6. The summed E-state index contributed by atoms with van der Waals surface area (Å²) >= 11 is 0. The van der Waals surface area contributed by atoms with Gasteiger partial charge in [0.2, 0.25) is 6.54 Å². The lowest BCUT2D eigenvalue weighted by Crippen LogP contribution is -2.23. The lowest BCUT2D eigenvalue weighted by molar-refractivity contribution is -0.485. The van der Waals surface area contributed by atoms with Gasteiger partial charge in [-0.3, -0.25) is 10.1 Å². The molecule has 0 saturated heterocycles. The molecule has 1 aromatic heterocycles. The number of nitrogens with zero attached hydrogens (tertiary/aromatic N) is 2. The minimum Gasteiger partial charge on any atom is -0.350 e. The highest BCUT2D eigenvalue weighted by Crippen LogP contribution is 2.39. The number of fused-ring (bicyclic) bond motifs is 1. The van der Waals surface area contributed by atoms with Crippen LogP contribution in [-0.4, -0.2) is 16.0 Å². The standard InChI is InChI=1S/C17H22N2O2/c1-18-11-16(14-9-5-6-10-17(14)18)15(12-19(20)21)13-7-3-2-4-8-13/h5-6,9-11,13,15H,2-4,7-8,12H2,1H3/t15-/m1/s1. The van der Waals surface area contributed by atoms with Crippen LogP contribution in [0.5, 0.6) is 0 Å². The Morgan fingerprint density at radius 2 is 2.00 bits per heavy atom. The van der Waals surface area contributed by atoms with Gasteiger partial charge >= 0.3 is 0 Å². The first kappa shape index (κ1) is 14.1. The molecule has 1 atom stereocenters. The van der Waals surface area contributed by atoms with E-state index in [1.54, 1.807) is 0 Å². The van der Waals surface area contributed by atoms with Crippen LogP contribution in [0.3, 0.4) is 0 Å². The van der Waals surface area contributed by atoms with Crippen molar-refractivity contribution in [2.75, 3.05) is 6.54 Å². The second-order valence-corrected chi connectivity index (χ2v) is 6.23. The van der Waals surface area contributed by atoms with Crippen LogP contribution >= 0.6 is 0 Å². The molecule has 21 heavy (non-hydrogen) atoms. The van der Waals surface area contributed by atoms with Gasteiger partial charge in [-0.1, -0.05) is 37.5 Å². The maximum absolute atomic E-state index is 11.2. The predicted molar refractivity (Wildman–Crippen MR) is 84.1 cm³/mol. The summed E-state index contributed by atoms with van der Waals surface area (Å²) in [5.74, 6) is 0.501. The molecule has 0 unspecified atom stereocenters. The first-order valence-electron chi connectivity index (χ1n) is 7.82. The molecule has 0 radical (unpaired) electrons. The van der Waals surface area contributed by atoms with E-state index in [2.05, 4.69) is 22.9 Å². The number of rotatable bonds is 4. The first-order valence-corrected chi connectivity index (χ1v) is 7.82. The van der Waals surface area contributed by atoms with Crippen molar-refractivity contribution in [3.8, 4) is 0 Å². The number of benzene rings is 1. The Morgan fingerprint density at radius 1 is 1.29 bits per heavy atom. The SMILES string of the molecule is Cn1cc([C@H](C[N+](=O)[O-])C2CCCCC2)c2ccccc21. The second kappa shape index (κ2) is 5.88. The van der Waals surface area contributed by atoms with Crippen LogP contribution in [0.25, 0.3) is 10.9 Å². The lowest BCUT2D eigenvalue weighted by atomic mass is 9.77. The van der Waals surface area contributed by atoms with Gasteiger partial charge in [0.05, 0.1) is 5.92 Å². The van der Waals surface area contributed by atoms with Crippen molar-refractivity contribution in [1.29, 1.82) is 0 Å². The highest BCUT2D eigenvalue weighted by molar-refractivity contribution is 5.84. The molecule has 0 N–H and O–H groups in total. The highest BCUT2D eigenvalue weighted by Gasteiger charge is 2.31. The van der Waals surface area contributed by atoms with Gasteiger partial charge < -0.3 is 4.57 Å². The summed E-state index contributed by atoms with van der Waals surface area (Å²) < 4.78 is 2.10. The zero-order valence-corrected chi connectivity index (χ0v) is 12.5. The monoisotopic (exact) mass is 286 g/mol. The predicted octanol–water partition coefficient (Wildman–Crippen LogP) is 4.12. The summed E-state index contributed by atoms with van der Waals surface area (Å²) in [4.78, 5) is 11.0. The molecule has 1 saturated carbocycles. The summed E-state index contributed by atoms with van der Waals surface area (Å²) in [7, 11) is 2.02. The van der Waals surface area contributed by atoms with E-state index in [0.717, 1.165) is 23.9 Å². The van der Waals surface area contributed by atoms with Gasteiger partial charge in [0.25, 0.3) is 0 Å². The molecular weight excluding hydrogens is 264 g/mol. The van der Waals surface area contributed by atoms with Crippen molar-refractivity contribution in [1.82, 2.24) is 4.57 Å². The van der Waals surface area contributed by atoms with Crippen LogP contribution in [0.1, 0.15) is 43.6 Å². The Bertz CT molecular complexity index is 641. The van der Waals surface area contributed by atoms with Crippen molar-refractivity contribution in [3.63, 3.8) is 0 Å². The third-order valence-corrected chi connectivity index (χ3v) is 4.89. The molecule has 2 aromatic rings. The van der Waals surface area contributed by atoms with Gasteiger partial charge in [0, 0.05) is 29.1 Å². The second-order valence-electron chi connectivity index (χ2n) is 6.23. The normalized spacial score (nSPS) is 18.0. The van der Waals surface area contributed by atoms with Crippen molar-refractivity contribution in [2.45, 2.75) is 38.0 Å². The Kier molecular flexibility index (Phi) is 3.95. The molecule has 0 aliphatic heterocycles. The molecule has 0 amide bonds. The molecule has 112 valence electrons. The average Bonchev–Trinajstić information content (AvgIpc) is 2.83. The molecule has 1 heterocycles. The van der Waals surface area contributed by atoms with E-state index in [9.17, 15) is 10.1 Å². The third kappa shape index (κ3) is 2.80. The fourth-order valence-corrected chi connectivity index (χ4v) is 3.87. The maximum atomic E-state index is 11.2. The lowest BCUT2D eigenvalue weighted by Gasteiger charge is -2.27. The molecular formula is C17H22N2O2. The van der Waals surface area contributed by atoms with Crippen molar-refractivity contribution in [3.05, 3.63) is 46.1 Å². The number of hydrogen-bond acceptors (Lipinski definition) is 2. The van der Waals surface area contributed by atoms with E-state index in [-0.39, 0.29) is 17.4 Å². The van der Waals surface area contributed by atoms with Crippen molar-refractivity contribution < 1.29 is 4.92 Å². The zero-order valence-electron chi connectivity index (χ0n) is 12.5. The van der Waals surface area contributed by atoms with Gasteiger partial charge in [0.1, 0.15) is 0 Å². The minimum absolute atomic E-state index is 0.0476. The number of hydrogen-bond donors (Lipinski definition) is 0. The quantitative estimate of drug-likeness (QED) is 0.627. The van der Waals surface area contributed by atoms with E-state index >= 15 is 0 Å². The number of aromatic nitrogens is 1. The third-order valence-electron chi connectivity index (χ3n) is 4.89. The molecule has 1 aromatic carbocycles. The maximum Gasteiger partial charge on any atom is 0.211 e. The van der Waals surface area contributed by atoms with Crippen LogP contribution in [0, 0.1) is 16.0 Å². The van der Waals surface area contributed by atoms with E-state index in [1.165, 1.54) is 24.6 Å². The molecule has 0 spiro atoms. The molecule has 1 fully saturated rings. The van der Waals surface area contributed by atoms with Gasteiger partial charge in [0.15, 0.2) is 0 Å². The van der Waals surface area contributed by atoms with Gasteiger partial charge in [-0.05, 0) is 30.4 Å². The molecule has 3 rings (SSSR count). The number of nitro groups is 1. The summed E-state index contributed by atoms with van der Waals surface area (Å²) in [6, 6.07) is 8.23. The molecule has 0 bridgehead atoms. The summed E-state index contributed by atoms with van der Waals surface area (Å²) in [5, 5.41) is 12.3. The Hall–Kier alpha value is -1.84. The Labute approximate surface area is 124 Å². The van der Waals surface area contributed by atoms with Crippen LogP contribution in [0.4, 0.5) is 0 Å². The topological polar surface area (TPSA) is 48.1 Å². The molecule has 1 aliphatic rings. The molecule has 4 nitrogen and oxygen atoms in total. The number of aryl methyl sites for hydroxylation is 1. The van der Waals surface area contributed by atoms with Gasteiger partial charge in [-0.2, -0.15) is 0 Å². The Morgan fingerprint density at radius 3 is 2.71 bits per heavy atom. The van der Waals surface area contributed by atoms with E-state index in [1.807, 2.05) is 19.2 Å². The minimum atomic E-state index is -0.138. The first-order chi connectivity index (χ1) is 10.2. The summed E-state index contributed by atoms with van der Waals surface area (Å²) in [6.07, 6.45) is 8.06. The van der Waals surface area contributed by atoms with Crippen LogP contribution in [-0.2, 0) is 7.05 Å². The van der Waals surface area contributed by atoms with Crippen LogP contribution in [0.2, 0.25) is 0 Å². The summed E-state index contributed by atoms with van der Waals surface area (Å²) in [5.41, 5.74) is 2.33. The largest absolute Gasteiger partial charge is 0.350 e. The van der Waals surface area contributed by atoms with Crippen molar-refractivity contribution >= 4 is 10.9 Å². The number of para-hydroxylation sites is 1. The van der Waals surface area contributed by atoms with Gasteiger partial charge in [-0.15, -0.1) is 0 Å². The smallest absolute Gasteiger partial charge is 0.211 e. The average molecular weight is 286 g/mol. The van der Waals surface area contributed by atoms with Gasteiger partial charge in [-0.25, -0.2) is 0 Å². The van der Waals surface area contributed by atoms with E-state index < -0.39 is 0 Å². The zero-order chi connectivity index (χ0) is 14.8. The summed E-state index contributed by atoms with van der Waals surface area (Å²) in [6.45, 7) is 0.0542. The fourth-order valence-electron chi connectivity index (χ4n) is 3.87. The van der Waals surface area contributed by atoms with E-state index in [0.29, 0.717) is 5.92 Å². The molecule has 4 heteroatoms. The molecule has 1 aliphatic carbocycles. The van der Waals surface area contributed by atoms with E-state index in [4.69, 9.17) is 0 Å². The van der Waals surface area contributed by atoms with Crippen molar-refractivity contribution in [2.24, 2.45) is 13.0 Å². The van der Waals surface area contributed by atoms with Crippen LogP contribution < -0.4 is 0 Å². The van der Waals surface area contributed by atoms with Crippen LogP contribution in [0.15, 0.2) is 30.5 Å².